The first-order chi connectivity index (χ1) is 21.6. The van der Waals surface area contributed by atoms with E-state index in [1.165, 1.54) is 17.2 Å². The second kappa shape index (κ2) is 18.3. The summed E-state index contributed by atoms with van der Waals surface area (Å²) in [5.41, 5.74) is 10.8. The maximum atomic E-state index is 11.7. The van der Waals surface area contributed by atoms with E-state index < -0.39 is 0 Å². The first-order valence-corrected chi connectivity index (χ1v) is 16.0. The molecule has 0 aliphatic carbocycles. The topological polar surface area (TPSA) is 86.9 Å². The van der Waals surface area contributed by atoms with Gasteiger partial charge in [-0.15, -0.1) is 34.9 Å². The fraction of sp³-hybridized carbons (Fsp3) is 0.350. The number of nitriles is 1. The summed E-state index contributed by atoms with van der Waals surface area (Å²) in [6.07, 6.45) is 6.71. The van der Waals surface area contributed by atoms with Gasteiger partial charge >= 0.3 is 0 Å². The van der Waals surface area contributed by atoms with E-state index in [0.29, 0.717) is 5.56 Å². The van der Waals surface area contributed by atoms with Crippen LogP contribution in [0.2, 0.25) is 0 Å². The summed E-state index contributed by atoms with van der Waals surface area (Å²) in [5, 5.41) is 18.9. The van der Waals surface area contributed by atoms with Crippen molar-refractivity contribution >= 4 is 5.78 Å². The van der Waals surface area contributed by atoms with Crippen molar-refractivity contribution in [3.8, 4) is 39.7 Å². The van der Waals surface area contributed by atoms with E-state index in [4.69, 9.17) is 15.2 Å². The van der Waals surface area contributed by atoms with Crippen molar-refractivity contribution in [2.45, 2.75) is 81.1 Å². The first kappa shape index (κ1) is 38.3. The molecule has 4 aromatic rings. The predicted octanol–water partition coefficient (Wildman–Crippen LogP) is 10.3. The fourth-order valence-corrected chi connectivity index (χ4v) is 5.57. The van der Waals surface area contributed by atoms with Crippen LogP contribution in [0.25, 0.3) is 33.6 Å². The number of carbonyl (C=O) groups is 1. The molecule has 243 valence electrons. The number of allylic oxidation sites excluding steroid dienone is 2. The molecule has 1 radical (unpaired) electrons. The third-order valence-electron chi connectivity index (χ3n) is 8.38. The van der Waals surface area contributed by atoms with Crippen LogP contribution in [0, 0.1) is 56.9 Å². The van der Waals surface area contributed by atoms with Crippen LogP contribution in [0.3, 0.4) is 0 Å². The largest absolute Gasteiger partial charge is 0.512 e. The molecule has 3 aromatic carbocycles. The second-order valence-electron chi connectivity index (χ2n) is 11.6. The summed E-state index contributed by atoms with van der Waals surface area (Å²) in [6.45, 7) is 16.2. The number of aromatic nitrogens is 2. The molecule has 5 nitrogen and oxygen atoms in total. The van der Waals surface area contributed by atoms with Crippen molar-refractivity contribution in [1.82, 2.24) is 9.97 Å². The minimum absolute atomic E-state index is 0. The Morgan fingerprint density at radius 1 is 0.891 bits per heavy atom. The first-order valence-electron chi connectivity index (χ1n) is 16.0. The molecular formula is C40H46IrN3O2-. The molecule has 1 heterocycles. The number of aliphatic hydroxyl groups excluding tert-OH is 1. The third kappa shape index (κ3) is 9.79. The van der Waals surface area contributed by atoms with E-state index in [-0.39, 0.29) is 43.5 Å². The zero-order chi connectivity index (χ0) is 33.1. The standard InChI is InChI=1S/C27H22N3.C13H24O2.Ir/c1-17-11-22(24-8-6-5-7-18(24)2)14-23(12-17)27-20(4)30-26(16-29-27)25-10-9-21(15-28)13-19(25)3;1-5-10(6-2)12(14)9-13(15)11(7-3)8-4;/h5-11,13-14,16H,1-4H3;9-11,14H,5-8H2,1-4H3;/q-1;;/b;12-9-;. The Morgan fingerprint density at radius 2 is 1.54 bits per heavy atom. The van der Waals surface area contributed by atoms with E-state index in [9.17, 15) is 9.90 Å². The monoisotopic (exact) mass is 793 g/mol. The van der Waals surface area contributed by atoms with Crippen LogP contribution in [0.4, 0.5) is 0 Å². The Balaban J connectivity index is 0.000000394. The van der Waals surface area contributed by atoms with Crippen molar-refractivity contribution in [1.29, 1.82) is 5.26 Å². The molecule has 4 rings (SSSR count). The predicted molar refractivity (Wildman–Crippen MR) is 185 cm³/mol. The zero-order valence-electron chi connectivity index (χ0n) is 28.4. The molecule has 0 saturated carbocycles. The molecule has 1 N–H and O–H groups in total. The number of ketones is 1. The summed E-state index contributed by atoms with van der Waals surface area (Å²) >= 11 is 0. The Morgan fingerprint density at radius 3 is 2.11 bits per heavy atom. The number of nitrogens with zero attached hydrogens (tertiary/aromatic N) is 3. The van der Waals surface area contributed by atoms with Crippen LogP contribution in [0.1, 0.15) is 81.3 Å². The quantitative estimate of drug-likeness (QED) is 0.0982. The van der Waals surface area contributed by atoms with Gasteiger partial charge in [0.2, 0.25) is 0 Å². The number of hydrogen-bond donors (Lipinski definition) is 1. The van der Waals surface area contributed by atoms with Gasteiger partial charge in [-0.25, -0.2) is 0 Å². The number of benzene rings is 3. The smallest absolute Gasteiger partial charge is 0.162 e. The molecule has 0 amide bonds. The van der Waals surface area contributed by atoms with Crippen molar-refractivity contribution < 1.29 is 30.0 Å². The number of aryl methyl sites for hydroxylation is 4. The number of aliphatic hydroxyl groups is 1. The average Bonchev–Trinajstić information content (AvgIpc) is 3.02. The van der Waals surface area contributed by atoms with Gasteiger partial charge in [0.15, 0.2) is 5.78 Å². The summed E-state index contributed by atoms with van der Waals surface area (Å²) in [6, 6.07) is 23.9. The van der Waals surface area contributed by atoms with Crippen LogP contribution >= 0.6 is 0 Å². The van der Waals surface area contributed by atoms with Crippen LogP contribution < -0.4 is 0 Å². The normalized spacial score (nSPS) is 11.0. The van der Waals surface area contributed by atoms with Crippen molar-refractivity contribution in [3.63, 3.8) is 0 Å². The fourth-order valence-electron chi connectivity index (χ4n) is 5.57. The minimum atomic E-state index is 0. The SMILES string of the molecule is CCC(CC)C(=O)/C=C(\O)C(CC)CC.Cc1[c-]c(-c2ncc(-c3ccc(C#N)cc3C)nc2C)cc(-c2ccccc2C)c1.[Ir]. The van der Waals surface area contributed by atoms with Gasteiger partial charge in [-0.1, -0.05) is 65.0 Å². The Bertz CT molecular complexity index is 1700. The van der Waals surface area contributed by atoms with E-state index >= 15 is 0 Å². The Kier molecular flexibility index (Phi) is 15.2. The molecule has 0 aliphatic rings. The minimum Gasteiger partial charge on any atom is -0.512 e. The van der Waals surface area contributed by atoms with E-state index in [2.05, 4.69) is 62.4 Å². The molecule has 0 atom stereocenters. The summed E-state index contributed by atoms with van der Waals surface area (Å²) in [4.78, 5) is 21.3. The zero-order valence-corrected chi connectivity index (χ0v) is 30.8. The summed E-state index contributed by atoms with van der Waals surface area (Å²) in [5.74, 6) is 0.547. The van der Waals surface area contributed by atoms with Crippen LogP contribution in [0.5, 0.6) is 0 Å². The van der Waals surface area contributed by atoms with Crippen LogP contribution in [0.15, 0.2) is 72.6 Å². The van der Waals surface area contributed by atoms with Crippen LogP contribution in [-0.4, -0.2) is 20.9 Å². The van der Waals surface area contributed by atoms with Crippen molar-refractivity contribution in [3.05, 3.63) is 107 Å². The summed E-state index contributed by atoms with van der Waals surface area (Å²) in [7, 11) is 0. The Hall–Kier alpha value is -3.91. The molecular weight excluding hydrogens is 747 g/mol. The molecule has 0 spiro atoms. The average molecular weight is 793 g/mol. The molecule has 0 aliphatic heterocycles. The maximum Gasteiger partial charge on any atom is 0.162 e. The second-order valence-corrected chi connectivity index (χ2v) is 11.6. The number of hydrogen-bond acceptors (Lipinski definition) is 5. The molecule has 0 unspecified atom stereocenters. The van der Waals surface area contributed by atoms with E-state index in [1.54, 1.807) is 6.20 Å². The van der Waals surface area contributed by atoms with E-state index in [1.807, 2.05) is 59.7 Å². The Labute approximate surface area is 289 Å². The maximum absolute atomic E-state index is 11.7. The van der Waals surface area contributed by atoms with Gasteiger partial charge in [-0.05, 0) is 75.3 Å². The molecule has 46 heavy (non-hydrogen) atoms. The number of rotatable bonds is 10. The van der Waals surface area contributed by atoms with Gasteiger partial charge in [0, 0.05) is 61.2 Å². The molecule has 0 bridgehead atoms. The number of carbonyl (C=O) groups excluding carboxylic acids is 1. The van der Waals surface area contributed by atoms with Gasteiger partial charge in [-0.3, -0.25) is 9.78 Å². The molecule has 1 aromatic heterocycles. The van der Waals surface area contributed by atoms with Crippen molar-refractivity contribution in [2.75, 3.05) is 0 Å². The van der Waals surface area contributed by atoms with E-state index in [0.717, 1.165) is 70.6 Å². The van der Waals surface area contributed by atoms with Crippen molar-refractivity contribution in [2.24, 2.45) is 11.8 Å². The van der Waals surface area contributed by atoms with Gasteiger partial charge in [0.05, 0.1) is 23.1 Å². The molecule has 6 heteroatoms. The molecule has 0 fully saturated rings. The van der Waals surface area contributed by atoms with Gasteiger partial charge in [0.25, 0.3) is 0 Å². The van der Waals surface area contributed by atoms with Crippen LogP contribution in [-0.2, 0) is 24.9 Å². The molecule has 0 saturated heterocycles. The van der Waals surface area contributed by atoms with Gasteiger partial charge in [-0.2, -0.15) is 5.26 Å². The van der Waals surface area contributed by atoms with Gasteiger partial charge in [0.1, 0.15) is 0 Å². The van der Waals surface area contributed by atoms with Gasteiger partial charge < -0.3 is 10.1 Å². The summed E-state index contributed by atoms with van der Waals surface area (Å²) < 4.78 is 0. The third-order valence-corrected chi connectivity index (χ3v) is 8.38.